The van der Waals surface area contributed by atoms with Crippen molar-refractivity contribution in [2.75, 3.05) is 19.7 Å². The van der Waals surface area contributed by atoms with E-state index < -0.39 is 0 Å². The van der Waals surface area contributed by atoms with E-state index >= 15 is 0 Å². The predicted octanol–water partition coefficient (Wildman–Crippen LogP) is 3.38. The van der Waals surface area contributed by atoms with Crippen LogP contribution in [0.15, 0.2) is 24.7 Å². The monoisotopic (exact) mass is 421 g/mol. The molecular formula is C24H31N5O2. The van der Waals surface area contributed by atoms with E-state index in [4.69, 9.17) is 4.74 Å². The maximum Gasteiger partial charge on any atom is 0.254 e. The van der Waals surface area contributed by atoms with Crippen molar-refractivity contribution in [3.05, 3.63) is 41.5 Å². The first kappa shape index (κ1) is 19.4. The summed E-state index contributed by atoms with van der Waals surface area (Å²) in [6.45, 7) is 4.47. The number of aryl methyl sites for hydroxylation is 1. The van der Waals surface area contributed by atoms with Gasteiger partial charge in [-0.3, -0.25) is 9.78 Å². The van der Waals surface area contributed by atoms with Gasteiger partial charge in [0.2, 0.25) is 0 Å². The van der Waals surface area contributed by atoms with Gasteiger partial charge >= 0.3 is 0 Å². The van der Waals surface area contributed by atoms with Crippen LogP contribution in [0.2, 0.25) is 0 Å². The van der Waals surface area contributed by atoms with Gasteiger partial charge in [-0.25, -0.2) is 4.68 Å². The summed E-state index contributed by atoms with van der Waals surface area (Å²) in [6, 6.07) is 2.07. The minimum atomic E-state index is 0.137. The molecule has 3 heterocycles. The summed E-state index contributed by atoms with van der Waals surface area (Å²) in [5, 5.41) is 8.98. The van der Waals surface area contributed by atoms with Gasteiger partial charge in [0.1, 0.15) is 0 Å². The Bertz CT molecular complexity index is 966. The van der Waals surface area contributed by atoms with Crippen molar-refractivity contribution in [1.29, 1.82) is 0 Å². The summed E-state index contributed by atoms with van der Waals surface area (Å²) >= 11 is 0. The van der Waals surface area contributed by atoms with E-state index in [0.29, 0.717) is 17.8 Å². The zero-order valence-electron chi connectivity index (χ0n) is 18.2. The molecule has 0 unspecified atom stereocenters. The molecule has 4 fully saturated rings. The first-order valence-corrected chi connectivity index (χ1v) is 11.9. The molecule has 2 aromatic rings. The SMILES string of the molecule is Cc1cnccc1C(=O)N1C[C@H]2C[C@@H](n3cc(C4CC4)nn3)[C@H](OCC3CC3)C[C@H]2C1. The van der Waals surface area contributed by atoms with Gasteiger partial charge in [-0.05, 0) is 74.8 Å². The maximum absolute atomic E-state index is 13.2. The molecule has 1 amide bonds. The fraction of sp³-hybridized carbons (Fsp3) is 0.667. The largest absolute Gasteiger partial charge is 0.376 e. The zero-order chi connectivity index (χ0) is 20.9. The Balaban J connectivity index is 1.20. The smallest absolute Gasteiger partial charge is 0.254 e. The fourth-order valence-corrected chi connectivity index (χ4v) is 5.46. The molecule has 7 nitrogen and oxygen atoms in total. The molecule has 0 radical (unpaired) electrons. The summed E-state index contributed by atoms with van der Waals surface area (Å²) in [4.78, 5) is 19.4. The van der Waals surface area contributed by atoms with Crippen LogP contribution < -0.4 is 0 Å². The Labute approximate surface area is 183 Å². The van der Waals surface area contributed by atoms with Crippen LogP contribution >= 0.6 is 0 Å². The molecule has 4 atom stereocenters. The minimum absolute atomic E-state index is 0.137. The van der Waals surface area contributed by atoms with Crippen molar-refractivity contribution >= 4 is 5.91 Å². The molecule has 164 valence electrons. The third-order valence-corrected chi connectivity index (χ3v) is 7.73. The van der Waals surface area contributed by atoms with Crippen molar-refractivity contribution in [3.63, 3.8) is 0 Å². The van der Waals surface area contributed by atoms with Crippen molar-refractivity contribution in [2.24, 2.45) is 17.8 Å². The second kappa shape index (κ2) is 7.69. The number of nitrogens with zero attached hydrogens (tertiary/aromatic N) is 5. The lowest BCUT2D eigenvalue weighted by Gasteiger charge is -2.37. The standard InChI is InChI=1S/C24H31N5O2/c1-15-10-25-7-6-20(15)24(30)28-11-18-8-22(29-13-21(26-27-29)17-4-5-17)23(9-19(18)12-28)31-14-16-2-3-16/h6-7,10,13,16-19,22-23H,2-5,8-9,11-12,14H2,1H3/t18-,19+,22-,23-/m1/s1. The Kier molecular flexibility index (Phi) is 4.82. The van der Waals surface area contributed by atoms with Crippen LogP contribution in [0.25, 0.3) is 0 Å². The summed E-state index contributed by atoms with van der Waals surface area (Å²) in [6.07, 6.45) is 12.9. The van der Waals surface area contributed by atoms with Gasteiger partial charge in [0.25, 0.3) is 5.91 Å². The molecule has 2 aromatic heterocycles. The van der Waals surface area contributed by atoms with Gasteiger partial charge in [0.15, 0.2) is 0 Å². The summed E-state index contributed by atoms with van der Waals surface area (Å²) in [7, 11) is 0. The topological polar surface area (TPSA) is 73.1 Å². The normalized spacial score (nSPS) is 30.4. The van der Waals surface area contributed by atoms with E-state index in [1.165, 1.54) is 25.7 Å². The Hall–Kier alpha value is -2.28. The number of carbonyl (C=O) groups excluding carboxylic acids is 1. The van der Waals surface area contributed by atoms with E-state index in [0.717, 1.165) is 55.3 Å². The van der Waals surface area contributed by atoms with Gasteiger partial charge in [0.05, 0.1) is 17.8 Å². The highest BCUT2D eigenvalue weighted by atomic mass is 16.5. The number of hydrogen-bond donors (Lipinski definition) is 0. The van der Waals surface area contributed by atoms with E-state index in [1.807, 2.05) is 13.0 Å². The van der Waals surface area contributed by atoms with Crippen LogP contribution in [0.3, 0.4) is 0 Å². The molecule has 0 N–H and O–H groups in total. The lowest BCUT2D eigenvalue weighted by Crippen LogP contribution is -2.38. The summed E-state index contributed by atoms with van der Waals surface area (Å²) in [5.41, 5.74) is 2.86. The van der Waals surface area contributed by atoms with Gasteiger partial charge in [-0.2, -0.15) is 0 Å². The summed E-state index contributed by atoms with van der Waals surface area (Å²) in [5.74, 6) is 2.48. The third-order valence-electron chi connectivity index (χ3n) is 7.73. The molecule has 3 saturated carbocycles. The van der Waals surface area contributed by atoms with Gasteiger partial charge in [0, 0.05) is 49.8 Å². The van der Waals surface area contributed by atoms with E-state index in [-0.39, 0.29) is 18.1 Å². The quantitative estimate of drug-likeness (QED) is 0.715. The minimum Gasteiger partial charge on any atom is -0.376 e. The number of pyridine rings is 1. The number of hydrogen-bond acceptors (Lipinski definition) is 5. The lowest BCUT2D eigenvalue weighted by molar-refractivity contribution is -0.0375. The molecule has 0 aromatic carbocycles. The molecule has 0 bridgehead atoms. The van der Waals surface area contributed by atoms with Crippen molar-refractivity contribution in [2.45, 2.75) is 63.5 Å². The number of carbonyl (C=O) groups is 1. The highest BCUT2D eigenvalue weighted by Crippen LogP contribution is 2.44. The zero-order valence-corrected chi connectivity index (χ0v) is 18.2. The molecule has 0 spiro atoms. The number of amides is 1. The second-order valence-corrected chi connectivity index (χ2v) is 10.2. The Morgan fingerprint density at radius 2 is 1.97 bits per heavy atom. The highest BCUT2D eigenvalue weighted by Gasteiger charge is 2.45. The molecule has 3 aliphatic carbocycles. The average Bonchev–Trinajstić information content (AvgIpc) is 3.71. The Morgan fingerprint density at radius 1 is 1.16 bits per heavy atom. The fourth-order valence-electron chi connectivity index (χ4n) is 5.46. The van der Waals surface area contributed by atoms with Crippen LogP contribution in [-0.4, -0.2) is 56.6 Å². The van der Waals surface area contributed by atoms with Crippen LogP contribution in [0.4, 0.5) is 0 Å². The van der Waals surface area contributed by atoms with E-state index in [1.54, 1.807) is 12.4 Å². The first-order chi connectivity index (χ1) is 15.2. The number of fused-ring (bicyclic) bond motifs is 1. The molecule has 1 aliphatic heterocycles. The van der Waals surface area contributed by atoms with Crippen LogP contribution in [0.5, 0.6) is 0 Å². The second-order valence-electron chi connectivity index (χ2n) is 10.2. The van der Waals surface area contributed by atoms with E-state index in [2.05, 4.69) is 31.1 Å². The van der Waals surface area contributed by atoms with Crippen LogP contribution in [0.1, 0.15) is 72.1 Å². The molecule has 31 heavy (non-hydrogen) atoms. The molecule has 7 heteroatoms. The number of likely N-dealkylation sites (tertiary alicyclic amines) is 1. The predicted molar refractivity (Wildman–Crippen MR) is 115 cm³/mol. The van der Waals surface area contributed by atoms with Gasteiger partial charge in [-0.15, -0.1) is 5.10 Å². The third kappa shape index (κ3) is 3.88. The van der Waals surface area contributed by atoms with Crippen molar-refractivity contribution < 1.29 is 9.53 Å². The first-order valence-electron chi connectivity index (χ1n) is 11.9. The van der Waals surface area contributed by atoms with Crippen LogP contribution in [0, 0.1) is 24.7 Å². The molecular weight excluding hydrogens is 390 g/mol. The maximum atomic E-state index is 13.2. The Morgan fingerprint density at radius 3 is 2.71 bits per heavy atom. The average molecular weight is 422 g/mol. The molecule has 6 rings (SSSR count). The van der Waals surface area contributed by atoms with Gasteiger partial charge in [-0.1, -0.05) is 5.21 Å². The molecule has 1 saturated heterocycles. The van der Waals surface area contributed by atoms with Crippen molar-refractivity contribution in [1.82, 2.24) is 24.9 Å². The van der Waals surface area contributed by atoms with E-state index in [9.17, 15) is 4.79 Å². The number of ether oxygens (including phenoxy) is 1. The molecule has 4 aliphatic rings. The van der Waals surface area contributed by atoms with Gasteiger partial charge < -0.3 is 9.64 Å². The van der Waals surface area contributed by atoms with Crippen molar-refractivity contribution in [3.8, 4) is 0 Å². The van der Waals surface area contributed by atoms with Crippen LogP contribution in [-0.2, 0) is 4.74 Å². The number of rotatable bonds is 6. The highest BCUT2D eigenvalue weighted by molar-refractivity contribution is 5.95. The number of aromatic nitrogens is 4. The lowest BCUT2D eigenvalue weighted by atomic mass is 9.77. The summed E-state index contributed by atoms with van der Waals surface area (Å²) < 4.78 is 8.55.